The Balaban J connectivity index is 1.18. The Hall–Kier alpha value is -5.78. The molecule has 0 radical (unpaired) electrons. The molecule has 0 spiro atoms. The second kappa shape index (κ2) is 9.38. The summed E-state index contributed by atoms with van der Waals surface area (Å²) in [5, 5.41) is 5.20. The molecule has 4 heterocycles. The lowest BCUT2D eigenvalue weighted by Gasteiger charge is -2.33. The molecule has 9 aromatic rings. The van der Waals surface area contributed by atoms with Crippen LogP contribution in [0.1, 0.15) is 0 Å². The monoisotopic (exact) mass is 617 g/mol. The second-order valence-corrected chi connectivity index (χ2v) is 13.5. The third-order valence-electron chi connectivity index (χ3n) is 9.93. The number of hydrogen-bond acceptors (Lipinski definition) is 3. The predicted molar refractivity (Wildman–Crippen MR) is 197 cm³/mol. The molecule has 0 amide bonds. The largest absolute Gasteiger partial charge is 0.458 e. The molecule has 2 aromatic heterocycles. The quantitative estimate of drug-likeness (QED) is 0.181. The van der Waals surface area contributed by atoms with Gasteiger partial charge in [0.1, 0.15) is 23.0 Å². The molecule has 218 valence electrons. The highest BCUT2D eigenvalue weighted by Gasteiger charge is 2.40. The van der Waals surface area contributed by atoms with Gasteiger partial charge in [-0.1, -0.05) is 91.0 Å². The highest BCUT2D eigenvalue weighted by Crippen LogP contribution is 2.45. The van der Waals surface area contributed by atoms with Gasteiger partial charge in [-0.2, -0.15) is 0 Å². The number of aromatic nitrogens is 1. The first-order valence-electron chi connectivity index (χ1n) is 16.0. The second-order valence-electron chi connectivity index (χ2n) is 12.4. The molecule has 0 bridgehead atoms. The number of thiophene rings is 1. The molecule has 0 aliphatic carbocycles. The standard InChI is InChI=1S/C42H24BNO2S/c1-6-16-31(44-32-17-7-2-12-27(32)40-33(44)21-22-39-41(40)28-13-3-10-20-38(28)47-39)26(11-1)25-23-36-42-37(24-25)46-35-19-9-5-15-30(35)43(42)29-14-4-8-18-34(29)45-36/h1-24H. The van der Waals surface area contributed by atoms with Gasteiger partial charge < -0.3 is 14.0 Å². The van der Waals surface area contributed by atoms with Gasteiger partial charge in [-0.3, -0.25) is 0 Å². The van der Waals surface area contributed by atoms with Crippen LogP contribution in [0.4, 0.5) is 0 Å². The first-order valence-corrected chi connectivity index (χ1v) is 16.8. The third-order valence-corrected chi connectivity index (χ3v) is 11.1. The topological polar surface area (TPSA) is 23.4 Å². The summed E-state index contributed by atoms with van der Waals surface area (Å²) in [6.45, 7) is 0.0550. The number of benzene rings is 7. The summed E-state index contributed by atoms with van der Waals surface area (Å²) in [6, 6.07) is 52.1. The molecular weight excluding hydrogens is 593 g/mol. The molecule has 2 aliphatic heterocycles. The predicted octanol–water partition coefficient (Wildman–Crippen LogP) is 9.55. The summed E-state index contributed by atoms with van der Waals surface area (Å²) in [5.74, 6) is 3.48. The maximum Gasteiger partial charge on any atom is 0.260 e. The summed E-state index contributed by atoms with van der Waals surface area (Å²) < 4.78 is 18.4. The van der Waals surface area contributed by atoms with Gasteiger partial charge in [0.15, 0.2) is 0 Å². The van der Waals surface area contributed by atoms with Crippen LogP contribution in [0.25, 0.3) is 58.8 Å². The van der Waals surface area contributed by atoms with Gasteiger partial charge in [-0.15, -0.1) is 11.3 Å². The molecule has 11 rings (SSSR count). The normalized spacial score (nSPS) is 13.0. The number of rotatable bonds is 2. The Morgan fingerprint density at radius 1 is 0.489 bits per heavy atom. The van der Waals surface area contributed by atoms with Crippen LogP contribution in [0.5, 0.6) is 23.0 Å². The van der Waals surface area contributed by atoms with E-state index >= 15 is 0 Å². The average Bonchev–Trinajstić information content (AvgIpc) is 3.67. The van der Waals surface area contributed by atoms with Crippen LogP contribution in [-0.2, 0) is 0 Å². The van der Waals surface area contributed by atoms with Crippen molar-refractivity contribution in [2.75, 3.05) is 0 Å². The van der Waals surface area contributed by atoms with E-state index in [2.05, 4.69) is 138 Å². The summed E-state index contributed by atoms with van der Waals surface area (Å²) in [5.41, 5.74) is 9.11. The van der Waals surface area contributed by atoms with Crippen molar-refractivity contribution in [3.63, 3.8) is 0 Å². The minimum absolute atomic E-state index is 0.0550. The van der Waals surface area contributed by atoms with Crippen LogP contribution in [-0.4, -0.2) is 11.3 Å². The zero-order chi connectivity index (χ0) is 30.6. The third kappa shape index (κ3) is 3.47. The Labute approximate surface area is 274 Å². The average molecular weight is 618 g/mol. The fraction of sp³-hybridized carbons (Fsp3) is 0. The lowest BCUT2D eigenvalue weighted by atomic mass is 9.35. The number of ether oxygens (including phenoxy) is 2. The number of para-hydroxylation sites is 4. The summed E-state index contributed by atoms with van der Waals surface area (Å²) in [7, 11) is 0. The van der Waals surface area contributed by atoms with E-state index in [1.165, 1.54) is 52.9 Å². The zero-order valence-electron chi connectivity index (χ0n) is 25.1. The molecule has 0 unspecified atom stereocenters. The Morgan fingerprint density at radius 3 is 1.91 bits per heavy atom. The van der Waals surface area contributed by atoms with Crippen molar-refractivity contribution in [3.05, 3.63) is 146 Å². The number of nitrogens with zero attached hydrogens (tertiary/aromatic N) is 1. The molecule has 3 nitrogen and oxygen atoms in total. The zero-order valence-corrected chi connectivity index (χ0v) is 25.9. The lowest BCUT2D eigenvalue weighted by molar-refractivity contribution is 0.465. The van der Waals surface area contributed by atoms with Gasteiger partial charge in [0, 0.05) is 42.0 Å². The van der Waals surface area contributed by atoms with Crippen LogP contribution in [0.3, 0.4) is 0 Å². The molecule has 0 saturated heterocycles. The smallest absolute Gasteiger partial charge is 0.260 e. The molecule has 2 aliphatic rings. The number of hydrogen-bond donors (Lipinski definition) is 0. The van der Waals surface area contributed by atoms with Gasteiger partial charge in [-0.05, 0) is 71.1 Å². The minimum atomic E-state index is 0.0550. The molecule has 0 atom stereocenters. The SMILES string of the molecule is c1ccc2c(c1)Oc1cc(-c3ccccc3-n3c4ccccc4c4c5c(ccc43)sc3ccccc35)cc3c1B2c1ccccc1O3. The highest BCUT2D eigenvalue weighted by molar-refractivity contribution is 7.26. The minimum Gasteiger partial charge on any atom is -0.458 e. The Bertz CT molecular complexity index is 2700. The van der Waals surface area contributed by atoms with Crippen molar-refractivity contribution >= 4 is 76.4 Å². The molecule has 0 N–H and O–H groups in total. The lowest BCUT2D eigenvalue weighted by Crippen LogP contribution is -2.57. The van der Waals surface area contributed by atoms with Crippen molar-refractivity contribution < 1.29 is 9.47 Å². The van der Waals surface area contributed by atoms with Gasteiger partial charge in [-0.25, -0.2) is 0 Å². The molecule has 5 heteroatoms. The van der Waals surface area contributed by atoms with Crippen molar-refractivity contribution in [3.8, 4) is 39.8 Å². The Kier molecular flexibility index (Phi) is 5.07. The fourth-order valence-electron chi connectivity index (χ4n) is 8.00. The maximum atomic E-state index is 6.67. The molecule has 47 heavy (non-hydrogen) atoms. The molecule has 7 aromatic carbocycles. The van der Waals surface area contributed by atoms with E-state index in [-0.39, 0.29) is 6.71 Å². The van der Waals surface area contributed by atoms with Crippen LogP contribution in [0.15, 0.2) is 146 Å². The first kappa shape index (κ1) is 25.4. The van der Waals surface area contributed by atoms with Crippen LogP contribution in [0, 0.1) is 0 Å². The van der Waals surface area contributed by atoms with Crippen molar-refractivity contribution in [2.24, 2.45) is 0 Å². The number of fused-ring (bicyclic) bond motifs is 11. The van der Waals surface area contributed by atoms with Crippen molar-refractivity contribution in [1.82, 2.24) is 4.57 Å². The van der Waals surface area contributed by atoms with Crippen LogP contribution in [0.2, 0.25) is 0 Å². The van der Waals surface area contributed by atoms with E-state index < -0.39 is 0 Å². The summed E-state index contributed by atoms with van der Waals surface area (Å²) in [4.78, 5) is 0. The molecular formula is C42H24BNO2S. The van der Waals surface area contributed by atoms with E-state index in [9.17, 15) is 0 Å². The highest BCUT2D eigenvalue weighted by atomic mass is 32.1. The maximum absolute atomic E-state index is 6.67. The first-order chi connectivity index (χ1) is 23.3. The van der Waals surface area contributed by atoms with Gasteiger partial charge in [0.25, 0.3) is 6.71 Å². The Morgan fingerprint density at radius 2 is 1.13 bits per heavy atom. The van der Waals surface area contributed by atoms with E-state index in [1.54, 1.807) is 0 Å². The van der Waals surface area contributed by atoms with E-state index in [1.807, 2.05) is 23.5 Å². The molecule has 0 saturated carbocycles. The van der Waals surface area contributed by atoms with Gasteiger partial charge in [0.05, 0.1) is 16.7 Å². The van der Waals surface area contributed by atoms with Crippen LogP contribution < -0.4 is 25.9 Å². The van der Waals surface area contributed by atoms with Crippen LogP contribution >= 0.6 is 11.3 Å². The van der Waals surface area contributed by atoms with E-state index in [4.69, 9.17) is 9.47 Å². The summed E-state index contributed by atoms with van der Waals surface area (Å²) in [6.07, 6.45) is 0. The fourth-order valence-corrected chi connectivity index (χ4v) is 9.11. The van der Waals surface area contributed by atoms with E-state index in [0.29, 0.717) is 0 Å². The summed E-state index contributed by atoms with van der Waals surface area (Å²) >= 11 is 1.87. The van der Waals surface area contributed by atoms with E-state index in [0.717, 1.165) is 45.3 Å². The van der Waals surface area contributed by atoms with Crippen molar-refractivity contribution in [1.29, 1.82) is 0 Å². The van der Waals surface area contributed by atoms with Crippen molar-refractivity contribution in [2.45, 2.75) is 0 Å². The van der Waals surface area contributed by atoms with Gasteiger partial charge >= 0.3 is 0 Å². The van der Waals surface area contributed by atoms with Gasteiger partial charge in [0.2, 0.25) is 0 Å². The molecule has 0 fully saturated rings.